The highest BCUT2D eigenvalue weighted by Crippen LogP contribution is 2.29. The van der Waals surface area contributed by atoms with Crippen molar-refractivity contribution in [1.82, 2.24) is 5.32 Å². The van der Waals surface area contributed by atoms with E-state index in [1.165, 1.54) is 17.3 Å². The van der Waals surface area contributed by atoms with Crippen molar-refractivity contribution in [3.63, 3.8) is 0 Å². The number of benzene rings is 2. The van der Waals surface area contributed by atoms with Crippen LogP contribution in [0.2, 0.25) is 10.0 Å². The van der Waals surface area contributed by atoms with E-state index in [2.05, 4.69) is 22.6 Å². The third kappa shape index (κ3) is 4.74. The molecule has 130 valence electrons. The first kappa shape index (κ1) is 17.8. The second-order valence-electron chi connectivity index (χ2n) is 5.88. The Morgan fingerprint density at radius 2 is 2.12 bits per heavy atom. The number of halogens is 2. The molecule has 0 spiro atoms. The molecule has 1 amide bonds. The zero-order chi connectivity index (χ0) is 17.6. The molecule has 1 atom stereocenters. The van der Waals surface area contributed by atoms with Gasteiger partial charge in [-0.1, -0.05) is 58.7 Å². The Hall–Kier alpha value is -2.04. The van der Waals surface area contributed by atoms with Gasteiger partial charge in [-0.2, -0.15) is 0 Å². The molecule has 0 bridgehead atoms. The van der Waals surface area contributed by atoms with Crippen molar-refractivity contribution >= 4 is 35.3 Å². The van der Waals surface area contributed by atoms with Gasteiger partial charge in [-0.3, -0.25) is 4.79 Å². The summed E-state index contributed by atoms with van der Waals surface area (Å²) < 4.78 is 0. The summed E-state index contributed by atoms with van der Waals surface area (Å²) >= 11 is 11.9. The Bertz CT molecular complexity index is 793. The van der Waals surface area contributed by atoms with Crippen LogP contribution in [0, 0.1) is 0 Å². The van der Waals surface area contributed by atoms with Gasteiger partial charge in [-0.15, -0.1) is 0 Å². The Morgan fingerprint density at radius 3 is 2.96 bits per heavy atom. The molecular formula is C19H18Cl2N2O2. The van der Waals surface area contributed by atoms with Gasteiger partial charge in [0.05, 0.1) is 17.3 Å². The van der Waals surface area contributed by atoms with Crippen LogP contribution in [0.3, 0.4) is 0 Å². The summed E-state index contributed by atoms with van der Waals surface area (Å²) in [7, 11) is 0. The molecule has 0 radical (unpaired) electrons. The smallest absolute Gasteiger partial charge is 0.261 e. The van der Waals surface area contributed by atoms with E-state index >= 15 is 0 Å². The van der Waals surface area contributed by atoms with E-state index in [4.69, 9.17) is 28.0 Å². The van der Waals surface area contributed by atoms with Crippen LogP contribution in [0.5, 0.6) is 0 Å². The minimum atomic E-state index is -0.193. The number of rotatable bonds is 5. The first-order chi connectivity index (χ1) is 12.1. The van der Waals surface area contributed by atoms with Crippen molar-refractivity contribution in [1.29, 1.82) is 0 Å². The fraction of sp³-hybridized carbons (Fsp3) is 0.263. The third-order valence-electron chi connectivity index (χ3n) is 4.13. The lowest BCUT2D eigenvalue weighted by Gasteiger charge is -2.26. The number of hydrogen-bond acceptors (Lipinski definition) is 3. The maximum Gasteiger partial charge on any atom is 0.261 e. The SMILES string of the molecule is O=C(CO/N=C/c1ccc(Cl)cc1Cl)NC1CCCc2ccccc21. The van der Waals surface area contributed by atoms with E-state index in [0.717, 1.165) is 19.3 Å². The predicted octanol–water partition coefficient (Wildman–Crippen LogP) is 4.54. The van der Waals surface area contributed by atoms with Crippen LogP contribution in [0.25, 0.3) is 0 Å². The minimum Gasteiger partial charge on any atom is -0.386 e. The predicted molar refractivity (Wildman–Crippen MR) is 100 cm³/mol. The molecule has 0 saturated carbocycles. The number of aryl methyl sites for hydroxylation is 1. The van der Waals surface area contributed by atoms with Crippen molar-refractivity contribution in [2.45, 2.75) is 25.3 Å². The molecule has 1 aliphatic carbocycles. The molecule has 1 unspecified atom stereocenters. The van der Waals surface area contributed by atoms with E-state index < -0.39 is 0 Å². The molecule has 2 aromatic carbocycles. The van der Waals surface area contributed by atoms with Gasteiger partial charge in [0.25, 0.3) is 5.91 Å². The maximum absolute atomic E-state index is 12.1. The van der Waals surface area contributed by atoms with E-state index in [9.17, 15) is 4.79 Å². The summed E-state index contributed by atoms with van der Waals surface area (Å²) in [5.74, 6) is -0.193. The Balaban J connectivity index is 1.51. The van der Waals surface area contributed by atoms with Gasteiger partial charge in [-0.05, 0) is 42.5 Å². The van der Waals surface area contributed by atoms with Crippen LogP contribution in [-0.2, 0) is 16.1 Å². The average Bonchev–Trinajstić information content (AvgIpc) is 2.60. The Kier molecular flexibility index (Phi) is 5.95. The number of carbonyl (C=O) groups excluding carboxylic acids is 1. The number of hydrogen-bond donors (Lipinski definition) is 1. The zero-order valence-electron chi connectivity index (χ0n) is 13.5. The van der Waals surface area contributed by atoms with Crippen LogP contribution >= 0.6 is 23.2 Å². The van der Waals surface area contributed by atoms with E-state index in [1.807, 2.05) is 12.1 Å². The van der Waals surface area contributed by atoms with Crippen LogP contribution in [0.1, 0.15) is 35.6 Å². The average molecular weight is 377 g/mol. The van der Waals surface area contributed by atoms with Crippen molar-refractivity contribution in [3.05, 3.63) is 69.2 Å². The second-order valence-corrected chi connectivity index (χ2v) is 6.73. The highest BCUT2D eigenvalue weighted by atomic mass is 35.5. The largest absolute Gasteiger partial charge is 0.386 e. The fourth-order valence-electron chi connectivity index (χ4n) is 2.94. The van der Waals surface area contributed by atoms with Crippen molar-refractivity contribution in [2.24, 2.45) is 5.16 Å². The van der Waals surface area contributed by atoms with Gasteiger partial charge in [0, 0.05) is 10.6 Å². The molecule has 0 fully saturated rings. The first-order valence-electron chi connectivity index (χ1n) is 8.11. The Morgan fingerprint density at radius 1 is 1.28 bits per heavy atom. The van der Waals surface area contributed by atoms with E-state index in [1.54, 1.807) is 18.2 Å². The standard InChI is InChI=1S/C19H18Cl2N2O2/c20-15-9-8-14(17(21)10-15)11-22-25-12-19(24)23-18-7-3-5-13-4-1-2-6-16(13)18/h1-2,4,6,8-11,18H,3,5,7,12H2,(H,23,24)/b22-11+. The molecule has 0 aromatic heterocycles. The summed E-state index contributed by atoms with van der Waals surface area (Å²) in [6.07, 6.45) is 4.52. The van der Waals surface area contributed by atoms with Crippen molar-refractivity contribution in [3.8, 4) is 0 Å². The second kappa shape index (κ2) is 8.37. The molecule has 2 aromatic rings. The lowest BCUT2D eigenvalue weighted by molar-refractivity contribution is -0.126. The number of carbonyl (C=O) groups is 1. The normalized spacial score (nSPS) is 16.5. The summed E-state index contributed by atoms with van der Waals surface area (Å²) in [4.78, 5) is 17.2. The van der Waals surface area contributed by atoms with Gasteiger partial charge >= 0.3 is 0 Å². The van der Waals surface area contributed by atoms with Gasteiger partial charge in [0.15, 0.2) is 6.61 Å². The monoisotopic (exact) mass is 376 g/mol. The molecule has 3 rings (SSSR count). The number of amides is 1. The molecule has 0 heterocycles. The van der Waals surface area contributed by atoms with Crippen LogP contribution in [0.15, 0.2) is 47.6 Å². The summed E-state index contributed by atoms with van der Waals surface area (Å²) in [5, 5.41) is 7.83. The zero-order valence-corrected chi connectivity index (χ0v) is 15.1. The molecule has 1 aliphatic rings. The van der Waals surface area contributed by atoms with Crippen LogP contribution < -0.4 is 5.32 Å². The van der Waals surface area contributed by atoms with Gasteiger partial charge in [-0.25, -0.2) is 0 Å². The summed E-state index contributed by atoms with van der Waals surface area (Å²) in [5.41, 5.74) is 3.17. The quantitative estimate of drug-likeness (QED) is 0.615. The summed E-state index contributed by atoms with van der Waals surface area (Å²) in [6, 6.07) is 13.3. The van der Waals surface area contributed by atoms with Gasteiger partial charge in [0.1, 0.15) is 0 Å². The molecular weight excluding hydrogens is 359 g/mol. The number of nitrogens with one attached hydrogen (secondary N) is 1. The molecule has 25 heavy (non-hydrogen) atoms. The summed E-state index contributed by atoms with van der Waals surface area (Å²) in [6.45, 7) is -0.139. The molecule has 6 heteroatoms. The Labute approximate surface area is 156 Å². The number of fused-ring (bicyclic) bond motifs is 1. The molecule has 0 saturated heterocycles. The topological polar surface area (TPSA) is 50.7 Å². The molecule has 4 nitrogen and oxygen atoms in total. The van der Waals surface area contributed by atoms with E-state index in [-0.39, 0.29) is 18.6 Å². The number of nitrogens with zero attached hydrogens (tertiary/aromatic N) is 1. The lowest BCUT2D eigenvalue weighted by Crippen LogP contribution is -2.33. The lowest BCUT2D eigenvalue weighted by atomic mass is 9.88. The third-order valence-corrected chi connectivity index (χ3v) is 4.69. The minimum absolute atomic E-state index is 0.0377. The highest BCUT2D eigenvalue weighted by Gasteiger charge is 2.21. The first-order valence-corrected chi connectivity index (χ1v) is 8.86. The molecule has 0 aliphatic heterocycles. The maximum atomic E-state index is 12.1. The van der Waals surface area contributed by atoms with E-state index in [0.29, 0.717) is 15.6 Å². The van der Waals surface area contributed by atoms with Crippen LogP contribution in [0.4, 0.5) is 0 Å². The van der Waals surface area contributed by atoms with Gasteiger partial charge in [0.2, 0.25) is 0 Å². The fourth-order valence-corrected chi connectivity index (χ4v) is 3.39. The molecule has 1 N–H and O–H groups in total. The van der Waals surface area contributed by atoms with Crippen molar-refractivity contribution in [2.75, 3.05) is 6.61 Å². The van der Waals surface area contributed by atoms with Gasteiger partial charge < -0.3 is 10.2 Å². The van der Waals surface area contributed by atoms with Crippen LogP contribution in [-0.4, -0.2) is 18.7 Å². The highest BCUT2D eigenvalue weighted by molar-refractivity contribution is 6.36. The number of oxime groups is 1. The van der Waals surface area contributed by atoms with Crippen molar-refractivity contribution < 1.29 is 9.63 Å².